The van der Waals surface area contributed by atoms with E-state index in [4.69, 9.17) is 0 Å². The first kappa shape index (κ1) is 13.0. The quantitative estimate of drug-likeness (QED) is 0.798. The molecule has 22 heavy (non-hydrogen) atoms. The molecule has 0 aliphatic carbocycles. The van der Waals surface area contributed by atoms with Crippen LogP contribution in [-0.4, -0.2) is 37.8 Å². The van der Waals surface area contributed by atoms with Crippen molar-refractivity contribution in [3.63, 3.8) is 0 Å². The molecule has 3 aromatic rings. The summed E-state index contributed by atoms with van der Waals surface area (Å²) in [6, 6.07) is 4.08. The molecular formula is C15H17N7. The zero-order valence-electron chi connectivity index (χ0n) is 12.4. The Morgan fingerprint density at radius 2 is 1.91 bits per heavy atom. The number of pyridine rings is 1. The molecule has 3 aromatic heterocycles. The van der Waals surface area contributed by atoms with Crippen LogP contribution in [0.4, 0.5) is 17.3 Å². The summed E-state index contributed by atoms with van der Waals surface area (Å²) in [7, 11) is 1.87. The van der Waals surface area contributed by atoms with Gasteiger partial charge in [-0.2, -0.15) is 5.10 Å². The summed E-state index contributed by atoms with van der Waals surface area (Å²) in [6.45, 7) is 2.20. The maximum absolute atomic E-state index is 4.54. The minimum absolute atomic E-state index is 0.744. The van der Waals surface area contributed by atoms with Gasteiger partial charge in [0, 0.05) is 20.1 Å². The summed E-state index contributed by atoms with van der Waals surface area (Å²) >= 11 is 0. The van der Waals surface area contributed by atoms with Crippen molar-refractivity contribution in [2.24, 2.45) is 7.05 Å². The summed E-state index contributed by atoms with van der Waals surface area (Å²) in [5.74, 6) is 1.78. The van der Waals surface area contributed by atoms with Crippen LogP contribution in [0.5, 0.6) is 0 Å². The van der Waals surface area contributed by atoms with Crippen molar-refractivity contribution < 1.29 is 0 Å². The van der Waals surface area contributed by atoms with Crippen LogP contribution in [0.15, 0.2) is 30.9 Å². The summed E-state index contributed by atoms with van der Waals surface area (Å²) in [6.07, 6.45) is 7.66. The Morgan fingerprint density at radius 1 is 1.05 bits per heavy atom. The molecule has 4 rings (SSSR count). The van der Waals surface area contributed by atoms with Crippen molar-refractivity contribution >= 4 is 28.4 Å². The lowest BCUT2D eigenvalue weighted by Gasteiger charge is -2.16. The molecule has 0 radical (unpaired) electrons. The molecule has 1 saturated heterocycles. The monoisotopic (exact) mass is 295 g/mol. The topological polar surface area (TPSA) is 71.8 Å². The number of fused-ring (bicyclic) bond motifs is 1. The highest BCUT2D eigenvalue weighted by molar-refractivity contribution is 5.88. The molecule has 0 unspecified atom stereocenters. The number of nitrogens with zero attached hydrogens (tertiary/aromatic N) is 6. The molecule has 1 aliphatic rings. The molecule has 0 amide bonds. The smallest absolute Gasteiger partial charge is 0.163 e. The van der Waals surface area contributed by atoms with Crippen LogP contribution in [0.2, 0.25) is 0 Å². The molecule has 1 aliphatic heterocycles. The first-order chi connectivity index (χ1) is 10.8. The van der Waals surface area contributed by atoms with Gasteiger partial charge in [-0.3, -0.25) is 4.68 Å². The van der Waals surface area contributed by atoms with Crippen LogP contribution in [0.3, 0.4) is 0 Å². The molecule has 0 bridgehead atoms. The van der Waals surface area contributed by atoms with E-state index in [-0.39, 0.29) is 0 Å². The average molecular weight is 295 g/mol. The summed E-state index contributed by atoms with van der Waals surface area (Å²) in [5, 5.41) is 8.41. The van der Waals surface area contributed by atoms with Crippen LogP contribution < -0.4 is 10.2 Å². The summed E-state index contributed by atoms with van der Waals surface area (Å²) in [4.78, 5) is 15.4. The Labute approximate surface area is 128 Å². The van der Waals surface area contributed by atoms with Crippen LogP contribution >= 0.6 is 0 Å². The highest BCUT2D eigenvalue weighted by atomic mass is 15.3. The maximum Gasteiger partial charge on any atom is 0.163 e. The van der Waals surface area contributed by atoms with Crippen LogP contribution in [0.1, 0.15) is 12.8 Å². The van der Waals surface area contributed by atoms with Crippen molar-refractivity contribution in [2.45, 2.75) is 12.8 Å². The fraction of sp³-hybridized carbons (Fsp3) is 0.333. The molecular weight excluding hydrogens is 278 g/mol. The molecule has 0 aromatic carbocycles. The fourth-order valence-electron chi connectivity index (χ4n) is 2.79. The van der Waals surface area contributed by atoms with E-state index in [9.17, 15) is 0 Å². The van der Waals surface area contributed by atoms with Gasteiger partial charge in [-0.1, -0.05) is 0 Å². The lowest BCUT2D eigenvalue weighted by molar-refractivity contribution is 0.785. The van der Waals surface area contributed by atoms with Gasteiger partial charge >= 0.3 is 0 Å². The lowest BCUT2D eigenvalue weighted by atomic mass is 10.3. The van der Waals surface area contributed by atoms with Gasteiger partial charge in [-0.15, -0.1) is 0 Å². The van der Waals surface area contributed by atoms with E-state index in [0.29, 0.717) is 0 Å². The number of anilines is 3. The van der Waals surface area contributed by atoms with Gasteiger partial charge in [-0.25, -0.2) is 15.0 Å². The number of aromatic nitrogens is 5. The van der Waals surface area contributed by atoms with Gasteiger partial charge < -0.3 is 10.2 Å². The molecule has 112 valence electrons. The Kier molecular flexibility index (Phi) is 3.10. The van der Waals surface area contributed by atoms with E-state index >= 15 is 0 Å². The third-order valence-electron chi connectivity index (χ3n) is 3.97. The zero-order chi connectivity index (χ0) is 14.9. The van der Waals surface area contributed by atoms with E-state index in [2.05, 4.69) is 36.3 Å². The standard InChI is InChI=1S/C15H17N7/c1-21-15-12(9-19-21)14(17-10-18-15)20-11-4-5-13(16-8-11)22-6-2-3-7-22/h4-5,8-10H,2-3,6-7H2,1H3,(H,17,18,20). The molecule has 7 nitrogen and oxygen atoms in total. The number of hydrogen-bond donors (Lipinski definition) is 1. The first-order valence-electron chi connectivity index (χ1n) is 7.42. The molecule has 0 spiro atoms. The predicted octanol–water partition coefficient (Wildman–Crippen LogP) is 2.10. The van der Waals surface area contributed by atoms with E-state index in [1.165, 1.54) is 12.8 Å². The zero-order valence-corrected chi connectivity index (χ0v) is 12.4. The number of hydrogen-bond acceptors (Lipinski definition) is 6. The van der Waals surface area contributed by atoms with Crippen LogP contribution in [0.25, 0.3) is 11.0 Å². The molecule has 0 saturated carbocycles. The SMILES string of the molecule is Cn1ncc2c(Nc3ccc(N4CCCC4)nc3)ncnc21. The minimum Gasteiger partial charge on any atom is -0.357 e. The van der Waals surface area contributed by atoms with Crippen molar-refractivity contribution in [1.29, 1.82) is 0 Å². The molecule has 7 heteroatoms. The van der Waals surface area contributed by atoms with E-state index < -0.39 is 0 Å². The largest absolute Gasteiger partial charge is 0.357 e. The highest BCUT2D eigenvalue weighted by Gasteiger charge is 2.13. The van der Waals surface area contributed by atoms with Gasteiger partial charge in [0.2, 0.25) is 0 Å². The van der Waals surface area contributed by atoms with Gasteiger partial charge in [0.15, 0.2) is 5.65 Å². The summed E-state index contributed by atoms with van der Waals surface area (Å²) in [5.41, 5.74) is 1.71. The second-order valence-corrected chi connectivity index (χ2v) is 5.45. The van der Waals surface area contributed by atoms with E-state index in [0.717, 1.165) is 41.4 Å². The molecule has 4 heterocycles. The third kappa shape index (κ3) is 2.24. The second kappa shape index (κ2) is 5.25. The number of rotatable bonds is 3. The van der Waals surface area contributed by atoms with Gasteiger partial charge in [0.05, 0.1) is 23.5 Å². The van der Waals surface area contributed by atoms with Crippen LogP contribution in [0, 0.1) is 0 Å². The second-order valence-electron chi connectivity index (χ2n) is 5.45. The first-order valence-corrected chi connectivity index (χ1v) is 7.42. The molecule has 0 atom stereocenters. The van der Waals surface area contributed by atoms with Crippen molar-refractivity contribution in [3.8, 4) is 0 Å². The van der Waals surface area contributed by atoms with Crippen molar-refractivity contribution in [1.82, 2.24) is 24.7 Å². The Morgan fingerprint density at radius 3 is 2.68 bits per heavy atom. The maximum atomic E-state index is 4.54. The Bertz CT molecular complexity index is 787. The Hall–Kier alpha value is -2.70. The van der Waals surface area contributed by atoms with E-state index in [1.54, 1.807) is 17.2 Å². The normalized spacial score (nSPS) is 14.7. The number of nitrogens with one attached hydrogen (secondary N) is 1. The highest BCUT2D eigenvalue weighted by Crippen LogP contribution is 2.24. The number of aryl methyl sites for hydroxylation is 1. The average Bonchev–Trinajstić information content (AvgIpc) is 3.19. The summed E-state index contributed by atoms with van der Waals surface area (Å²) < 4.78 is 1.73. The van der Waals surface area contributed by atoms with Gasteiger partial charge in [-0.05, 0) is 25.0 Å². The minimum atomic E-state index is 0.744. The fourth-order valence-corrected chi connectivity index (χ4v) is 2.79. The third-order valence-corrected chi connectivity index (χ3v) is 3.97. The lowest BCUT2D eigenvalue weighted by Crippen LogP contribution is -2.18. The Balaban J connectivity index is 1.59. The van der Waals surface area contributed by atoms with Gasteiger partial charge in [0.25, 0.3) is 0 Å². The molecule has 1 N–H and O–H groups in total. The van der Waals surface area contributed by atoms with Crippen LogP contribution in [-0.2, 0) is 7.05 Å². The van der Waals surface area contributed by atoms with Crippen molar-refractivity contribution in [3.05, 3.63) is 30.9 Å². The van der Waals surface area contributed by atoms with Crippen molar-refractivity contribution in [2.75, 3.05) is 23.3 Å². The molecule has 1 fully saturated rings. The predicted molar refractivity (Wildman–Crippen MR) is 85.3 cm³/mol. The van der Waals surface area contributed by atoms with Gasteiger partial charge in [0.1, 0.15) is 18.0 Å². The van der Waals surface area contributed by atoms with E-state index in [1.807, 2.05) is 19.3 Å².